The fraction of sp³-hybridized carbons (Fsp3) is 0.0250. The van der Waals surface area contributed by atoms with Crippen molar-refractivity contribution in [3.05, 3.63) is 167 Å². The van der Waals surface area contributed by atoms with Gasteiger partial charge in [-0.25, -0.2) is 19.9 Å². The summed E-state index contributed by atoms with van der Waals surface area (Å²) >= 11 is 3.63. The lowest BCUT2D eigenvalue weighted by atomic mass is 9.67. The highest BCUT2D eigenvalue weighted by molar-refractivity contribution is 7.21. The Hall–Kier alpha value is -5.83. The zero-order valence-corrected chi connectivity index (χ0v) is 27.0. The van der Waals surface area contributed by atoms with Crippen molar-refractivity contribution in [3.8, 4) is 43.8 Å². The van der Waals surface area contributed by atoms with Gasteiger partial charge >= 0.3 is 0 Å². The van der Waals surface area contributed by atoms with Gasteiger partial charge in [-0.05, 0) is 76.5 Å². The van der Waals surface area contributed by atoms with Crippen LogP contribution in [0.25, 0.3) is 43.8 Å². The third-order valence-corrected chi connectivity index (χ3v) is 11.3. The number of benzene rings is 2. The van der Waals surface area contributed by atoms with Crippen molar-refractivity contribution in [3.63, 3.8) is 0 Å². The quantitative estimate of drug-likeness (QED) is 0.189. The second-order valence-electron chi connectivity index (χ2n) is 11.8. The van der Waals surface area contributed by atoms with Crippen molar-refractivity contribution < 1.29 is 0 Å². The van der Waals surface area contributed by atoms with Crippen LogP contribution in [0, 0.1) is 0 Å². The number of hydrogen-bond donors (Lipinski definition) is 0. The van der Waals surface area contributed by atoms with Crippen LogP contribution in [0.1, 0.15) is 22.3 Å². The first-order valence-corrected chi connectivity index (χ1v) is 17.4. The van der Waals surface area contributed by atoms with E-state index in [1.807, 2.05) is 77.5 Å². The highest BCUT2D eigenvalue weighted by Crippen LogP contribution is 2.64. The monoisotopic (exact) mass is 652 g/mol. The molecule has 8 heteroatoms. The Morgan fingerprint density at radius 3 is 1.67 bits per heavy atom. The first-order valence-electron chi connectivity index (χ1n) is 15.6. The average Bonchev–Trinajstić information content (AvgIpc) is 3.90. The average molecular weight is 653 g/mol. The van der Waals surface area contributed by atoms with Gasteiger partial charge in [-0.2, -0.15) is 0 Å². The van der Waals surface area contributed by atoms with E-state index in [1.165, 1.54) is 20.9 Å². The van der Waals surface area contributed by atoms with E-state index in [4.69, 9.17) is 19.9 Å². The predicted octanol–water partition coefficient (Wildman–Crippen LogP) is 9.93. The molecule has 226 valence electrons. The maximum absolute atomic E-state index is 5.05. The smallest absolute Gasteiger partial charge is 0.179 e. The second kappa shape index (κ2) is 10.6. The van der Waals surface area contributed by atoms with E-state index in [2.05, 4.69) is 93.4 Å². The third kappa shape index (κ3) is 3.87. The standard InChI is InChI=1S/C40H24N6S2/c1-2-8-25(9-3-1)33-24-34(45-37(44-33)32-12-4-5-19-41-32)26-13-15-27(16-14-26)46-38-30(10-6-20-42-38)40(31-11-7-21-43-39(31)46)28-17-22-47-35(28)36-29(40)18-23-48-36/h1-24H. The molecule has 1 aliphatic heterocycles. The van der Waals surface area contributed by atoms with Crippen LogP contribution in [-0.4, -0.2) is 24.9 Å². The molecule has 0 N–H and O–H groups in total. The summed E-state index contributed by atoms with van der Waals surface area (Å²) in [5.74, 6) is 2.36. The number of aromatic nitrogens is 5. The number of hydrogen-bond acceptors (Lipinski definition) is 8. The maximum Gasteiger partial charge on any atom is 0.179 e. The number of rotatable bonds is 4. The van der Waals surface area contributed by atoms with Crippen molar-refractivity contribution in [1.29, 1.82) is 0 Å². The van der Waals surface area contributed by atoms with Gasteiger partial charge in [-0.15, -0.1) is 22.7 Å². The Kier molecular flexibility index (Phi) is 6.03. The van der Waals surface area contributed by atoms with Crippen LogP contribution >= 0.6 is 22.7 Å². The lowest BCUT2D eigenvalue weighted by Gasteiger charge is -2.42. The summed E-state index contributed by atoms with van der Waals surface area (Å²) in [5, 5.41) is 4.42. The Bertz CT molecular complexity index is 2320. The van der Waals surface area contributed by atoms with E-state index in [9.17, 15) is 0 Å². The molecule has 2 aromatic carbocycles. The molecular weight excluding hydrogens is 629 g/mol. The van der Waals surface area contributed by atoms with Gasteiger partial charge in [-0.1, -0.05) is 60.7 Å². The molecule has 7 heterocycles. The molecule has 0 fully saturated rings. The van der Waals surface area contributed by atoms with E-state index < -0.39 is 5.41 Å². The van der Waals surface area contributed by atoms with Crippen molar-refractivity contribution >= 4 is 40.0 Å². The molecule has 0 unspecified atom stereocenters. The maximum atomic E-state index is 5.05. The highest BCUT2D eigenvalue weighted by atomic mass is 32.1. The first-order chi connectivity index (χ1) is 23.8. The van der Waals surface area contributed by atoms with Crippen LogP contribution in [0.5, 0.6) is 0 Å². The first kappa shape index (κ1) is 27.3. The summed E-state index contributed by atoms with van der Waals surface area (Å²) in [6, 6.07) is 39.7. The van der Waals surface area contributed by atoms with E-state index in [1.54, 1.807) is 6.20 Å². The molecule has 8 aromatic rings. The third-order valence-electron chi connectivity index (χ3n) is 9.26. The van der Waals surface area contributed by atoms with Gasteiger partial charge in [0.1, 0.15) is 17.3 Å². The molecule has 0 atom stereocenters. The van der Waals surface area contributed by atoms with Gasteiger partial charge in [0.25, 0.3) is 0 Å². The number of pyridine rings is 3. The summed E-state index contributed by atoms with van der Waals surface area (Å²) < 4.78 is 0. The molecule has 0 saturated carbocycles. The molecule has 6 aromatic heterocycles. The molecule has 1 spiro atoms. The Morgan fingerprint density at radius 1 is 0.479 bits per heavy atom. The molecule has 48 heavy (non-hydrogen) atoms. The zero-order chi connectivity index (χ0) is 31.7. The lowest BCUT2D eigenvalue weighted by Crippen LogP contribution is -2.36. The van der Waals surface area contributed by atoms with Crippen LogP contribution < -0.4 is 4.90 Å². The van der Waals surface area contributed by atoms with Crippen LogP contribution in [0.15, 0.2) is 145 Å². The van der Waals surface area contributed by atoms with Crippen molar-refractivity contribution in [2.45, 2.75) is 5.41 Å². The van der Waals surface area contributed by atoms with Gasteiger partial charge in [0.15, 0.2) is 5.82 Å². The Labute approximate surface area is 284 Å². The minimum absolute atomic E-state index is 0.467. The van der Waals surface area contributed by atoms with Crippen molar-refractivity contribution in [2.75, 3.05) is 4.90 Å². The number of fused-ring (bicyclic) bond motifs is 9. The fourth-order valence-corrected chi connectivity index (χ4v) is 9.35. The Morgan fingerprint density at radius 2 is 1.06 bits per heavy atom. The molecule has 6 nitrogen and oxygen atoms in total. The molecule has 0 saturated heterocycles. The van der Waals surface area contributed by atoms with E-state index >= 15 is 0 Å². The highest BCUT2D eigenvalue weighted by Gasteiger charge is 2.53. The largest absolute Gasteiger partial charge is 0.278 e. The predicted molar refractivity (Wildman–Crippen MR) is 193 cm³/mol. The van der Waals surface area contributed by atoms with Crippen molar-refractivity contribution in [2.24, 2.45) is 0 Å². The number of thiophene rings is 2. The van der Waals surface area contributed by atoms with Gasteiger partial charge in [0, 0.05) is 56.3 Å². The minimum atomic E-state index is -0.467. The van der Waals surface area contributed by atoms with Crippen LogP contribution in [-0.2, 0) is 5.41 Å². The summed E-state index contributed by atoms with van der Waals surface area (Å²) in [6.07, 6.45) is 5.53. The van der Waals surface area contributed by atoms with Crippen LogP contribution in [0.2, 0.25) is 0 Å². The Balaban J connectivity index is 1.12. The molecule has 1 aliphatic carbocycles. The minimum Gasteiger partial charge on any atom is -0.278 e. The fourth-order valence-electron chi connectivity index (χ4n) is 7.25. The van der Waals surface area contributed by atoms with Crippen LogP contribution in [0.3, 0.4) is 0 Å². The van der Waals surface area contributed by atoms with Gasteiger partial charge in [0.05, 0.1) is 16.8 Å². The van der Waals surface area contributed by atoms with E-state index in [0.717, 1.165) is 56.7 Å². The SMILES string of the molecule is c1ccc(-c2cc(-c3ccc(N4c5ncccc5C5(c6cccnc64)c4ccsc4-c4sccc45)cc3)nc(-c3ccccn3)n2)cc1. The lowest BCUT2D eigenvalue weighted by molar-refractivity contribution is 0.740. The molecule has 0 radical (unpaired) electrons. The second-order valence-corrected chi connectivity index (χ2v) is 13.6. The summed E-state index contributed by atoms with van der Waals surface area (Å²) in [7, 11) is 0. The summed E-state index contributed by atoms with van der Waals surface area (Å²) in [5.41, 5.74) is 9.87. The summed E-state index contributed by atoms with van der Waals surface area (Å²) in [4.78, 5) is 29.4. The van der Waals surface area contributed by atoms with Crippen molar-refractivity contribution in [1.82, 2.24) is 24.9 Å². The summed E-state index contributed by atoms with van der Waals surface area (Å²) in [6.45, 7) is 0. The topological polar surface area (TPSA) is 67.7 Å². The van der Waals surface area contributed by atoms with Gasteiger partial charge < -0.3 is 0 Å². The van der Waals surface area contributed by atoms with Crippen LogP contribution in [0.4, 0.5) is 17.3 Å². The number of nitrogens with zero attached hydrogens (tertiary/aromatic N) is 6. The molecule has 0 bridgehead atoms. The van der Waals surface area contributed by atoms with Gasteiger partial charge in [0.2, 0.25) is 0 Å². The number of anilines is 3. The van der Waals surface area contributed by atoms with Gasteiger partial charge in [-0.3, -0.25) is 9.88 Å². The molecule has 10 rings (SSSR count). The van der Waals surface area contributed by atoms with E-state index in [-0.39, 0.29) is 0 Å². The zero-order valence-electron chi connectivity index (χ0n) is 25.4. The molecule has 2 aliphatic rings. The van der Waals surface area contributed by atoms with E-state index in [0.29, 0.717) is 5.82 Å². The normalized spacial score (nSPS) is 13.5. The molecular formula is C40H24N6S2. The molecule has 0 amide bonds.